The zero-order valence-corrected chi connectivity index (χ0v) is 19.2. The van der Waals surface area contributed by atoms with Crippen LogP contribution in [0.2, 0.25) is 5.02 Å². The summed E-state index contributed by atoms with van der Waals surface area (Å²) in [5.41, 5.74) is 3.22. The minimum Gasteiger partial charge on any atom is -0.497 e. The van der Waals surface area contributed by atoms with Gasteiger partial charge in [0.05, 0.1) is 18.9 Å². The first-order chi connectivity index (χ1) is 15.4. The number of esters is 1. The molecule has 0 aromatic heterocycles. The summed E-state index contributed by atoms with van der Waals surface area (Å²) in [4.78, 5) is 24.4. The standard InChI is InChI=1S/C23H18BrClN2O5/c1-30-19-7-2-15(3-8-19)23(29)32-21-11-4-17(24)12-16(21)13-26-27-22(28)14-31-20-9-5-18(25)6-10-20/h2-13H,14H2,1H3,(H,27,28)/b26-13+. The number of benzene rings is 3. The second-order valence-electron chi connectivity index (χ2n) is 6.34. The van der Waals surface area contributed by atoms with E-state index in [4.69, 9.17) is 25.8 Å². The molecule has 0 aliphatic heterocycles. The Balaban J connectivity index is 1.61. The predicted octanol–water partition coefficient (Wildman–Crippen LogP) is 4.86. The van der Waals surface area contributed by atoms with Gasteiger partial charge in [-0.2, -0.15) is 5.10 Å². The summed E-state index contributed by atoms with van der Waals surface area (Å²) in [5.74, 6) is 0.430. The summed E-state index contributed by atoms with van der Waals surface area (Å²) in [6, 6.07) is 18.2. The molecule has 0 aliphatic rings. The molecule has 0 atom stereocenters. The highest BCUT2D eigenvalue weighted by atomic mass is 79.9. The number of carbonyl (C=O) groups is 2. The number of ether oxygens (including phenoxy) is 3. The van der Waals surface area contributed by atoms with Gasteiger partial charge in [0.1, 0.15) is 17.2 Å². The summed E-state index contributed by atoms with van der Waals surface area (Å²) in [6.07, 6.45) is 1.38. The summed E-state index contributed by atoms with van der Waals surface area (Å²) in [5, 5.41) is 4.49. The summed E-state index contributed by atoms with van der Waals surface area (Å²) in [6.45, 7) is -0.225. The zero-order chi connectivity index (χ0) is 22.9. The van der Waals surface area contributed by atoms with Crippen LogP contribution in [0.3, 0.4) is 0 Å². The van der Waals surface area contributed by atoms with Crippen molar-refractivity contribution in [2.24, 2.45) is 5.10 Å². The van der Waals surface area contributed by atoms with Gasteiger partial charge >= 0.3 is 5.97 Å². The van der Waals surface area contributed by atoms with Gasteiger partial charge in [-0.3, -0.25) is 4.79 Å². The van der Waals surface area contributed by atoms with E-state index in [0.717, 1.165) is 4.47 Å². The lowest BCUT2D eigenvalue weighted by atomic mass is 10.2. The van der Waals surface area contributed by atoms with Crippen LogP contribution in [-0.4, -0.2) is 31.8 Å². The highest BCUT2D eigenvalue weighted by molar-refractivity contribution is 9.10. The van der Waals surface area contributed by atoms with Crippen LogP contribution >= 0.6 is 27.5 Å². The van der Waals surface area contributed by atoms with Crippen molar-refractivity contribution in [3.63, 3.8) is 0 Å². The van der Waals surface area contributed by atoms with Crippen molar-refractivity contribution >= 4 is 45.6 Å². The van der Waals surface area contributed by atoms with Crippen LogP contribution in [0.5, 0.6) is 17.2 Å². The molecule has 0 saturated carbocycles. The molecule has 32 heavy (non-hydrogen) atoms. The van der Waals surface area contributed by atoms with Crippen molar-refractivity contribution in [2.75, 3.05) is 13.7 Å². The fourth-order valence-corrected chi connectivity index (χ4v) is 2.99. The van der Waals surface area contributed by atoms with Crippen LogP contribution < -0.4 is 19.6 Å². The van der Waals surface area contributed by atoms with Crippen LogP contribution in [0, 0.1) is 0 Å². The quantitative estimate of drug-likeness (QED) is 0.200. The first-order valence-corrected chi connectivity index (χ1v) is 10.5. The van der Waals surface area contributed by atoms with Gasteiger partial charge in [0.2, 0.25) is 0 Å². The van der Waals surface area contributed by atoms with Gasteiger partial charge in [0, 0.05) is 15.1 Å². The number of halogens is 2. The molecule has 0 radical (unpaired) electrons. The Bertz CT molecular complexity index is 1120. The Morgan fingerprint density at radius 2 is 1.72 bits per heavy atom. The van der Waals surface area contributed by atoms with Gasteiger partial charge in [0.15, 0.2) is 6.61 Å². The molecule has 0 heterocycles. The first-order valence-electron chi connectivity index (χ1n) is 9.30. The maximum absolute atomic E-state index is 12.5. The monoisotopic (exact) mass is 516 g/mol. The second-order valence-corrected chi connectivity index (χ2v) is 7.69. The summed E-state index contributed by atoms with van der Waals surface area (Å²) < 4.78 is 16.7. The third-order valence-electron chi connectivity index (χ3n) is 4.08. The lowest BCUT2D eigenvalue weighted by Gasteiger charge is -2.09. The molecule has 0 spiro atoms. The summed E-state index contributed by atoms with van der Waals surface area (Å²) in [7, 11) is 1.54. The van der Waals surface area contributed by atoms with E-state index in [-0.39, 0.29) is 12.4 Å². The molecule has 3 aromatic carbocycles. The highest BCUT2D eigenvalue weighted by Crippen LogP contribution is 2.23. The van der Waals surface area contributed by atoms with Gasteiger partial charge < -0.3 is 14.2 Å². The minimum absolute atomic E-state index is 0.225. The van der Waals surface area contributed by atoms with Crippen molar-refractivity contribution in [1.82, 2.24) is 5.43 Å². The van der Waals surface area contributed by atoms with Crippen molar-refractivity contribution in [3.8, 4) is 17.2 Å². The molecule has 0 saturated heterocycles. The molecule has 1 amide bonds. The topological polar surface area (TPSA) is 86.2 Å². The largest absolute Gasteiger partial charge is 0.497 e. The number of amides is 1. The molecule has 9 heteroatoms. The lowest BCUT2D eigenvalue weighted by molar-refractivity contribution is -0.123. The van der Waals surface area contributed by atoms with E-state index in [0.29, 0.717) is 27.6 Å². The third-order valence-corrected chi connectivity index (χ3v) is 4.82. The van der Waals surface area contributed by atoms with Gasteiger partial charge in [-0.05, 0) is 66.7 Å². The van der Waals surface area contributed by atoms with Crippen molar-refractivity contribution in [3.05, 3.63) is 87.4 Å². The molecule has 164 valence electrons. The molecule has 3 rings (SSSR count). The minimum atomic E-state index is -0.537. The molecular formula is C23H18BrClN2O5. The first kappa shape index (κ1) is 23.3. The second kappa shape index (κ2) is 11.3. The van der Waals surface area contributed by atoms with E-state index in [1.807, 2.05) is 0 Å². The molecule has 3 aromatic rings. The maximum Gasteiger partial charge on any atom is 0.343 e. The van der Waals surface area contributed by atoms with E-state index >= 15 is 0 Å². The van der Waals surface area contributed by atoms with E-state index < -0.39 is 11.9 Å². The van der Waals surface area contributed by atoms with Gasteiger partial charge in [0.25, 0.3) is 5.91 Å². The fraction of sp³-hybridized carbons (Fsp3) is 0.0870. The molecule has 1 N–H and O–H groups in total. The normalized spacial score (nSPS) is 10.6. The molecule has 0 fully saturated rings. The number of rotatable bonds is 8. The fourth-order valence-electron chi connectivity index (χ4n) is 2.48. The van der Waals surface area contributed by atoms with Crippen LogP contribution in [0.1, 0.15) is 15.9 Å². The number of nitrogens with one attached hydrogen (secondary N) is 1. The molecule has 7 nitrogen and oxygen atoms in total. The molecule has 0 aliphatic carbocycles. The third kappa shape index (κ3) is 6.83. The number of nitrogens with zero attached hydrogens (tertiary/aromatic N) is 1. The van der Waals surface area contributed by atoms with Crippen LogP contribution in [0.15, 0.2) is 76.3 Å². The van der Waals surface area contributed by atoms with Crippen molar-refractivity contribution in [1.29, 1.82) is 0 Å². The average molecular weight is 518 g/mol. The molecule has 0 bridgehead atoms. The SMILES string of the molecule is COc1ccc(C(=O)Oc2ccc(Br)cc2/C=N/NC(=O)COc2ccc(Cl)cc2)cc1. The summed E-state index contributed by atoms with van der Waals surface area (Å²) >= 11 is 9.18. The Hall–Kier alpha value is -3.36. The van der Waals surface area contributed by atoms with Gasteiger partial charge in [-0.25, -0.2) is 10.2 Å². The highest BCUT2D eigenvalue weighted by Gasteiger charge is 2.12. The number of methoxy groups -OCH3 is 1. The Morgan fingerprint density at radius 3 is 2.41 bits per heavy atom. The van der Waals surface area contributed by atoms with Crippen LogP contribution in [0.25, 0.3) is 0 Å². The number of hydrogen-bond acceptors (Lipinski definition) is 6. The zero-order valence-electron chi connectivity index (χ0n) is 16.9. The average Bonchev–Trinajstić information content (AvgIpc) is 2.80. The molecule has 0 unspecified atom stereocenters. The lowest BCUT2D eigenvalue weighted by Crippen LogP contribution is -2.24. The van der Waals surface area contributed by atoms with Crippen LogP contribution in [0.4, 0.5) is 0 Å². The van der Waals surface area contributed by atoms with E-state index in [1.54, 1.807) is 73.8 Å². The van der Waals surface area contributed by atoms with Crippen molar-refractivity contribution < 1.29 is 23.8 Å². The van der Waals surface area contributed by atoms with E-state index in [2.05, 4.69) is 26.5 Å². The maximum atomic E-state index is 12.5. The Kier molecular flexibility index (Phi) is 8.24. The smallest absolute Gasteiger partial charge is 0.343 e. The van der Waals surface area contributed by atoms with Crippen molar-refractivity contribution in [2.45, 2.75) is 0 Å². The Labute approximate surface area is 198 Å². The predicted molar refractivity (Wildman–Crippen MR) is 125 cm³/mol. The van der Waals surface area contributed by atoms with Crippen LogP contribution in [-0.2, 0) is 4.79 Å². The van der Waals surface area contributed by atoms with E-state index in [1.165, 1.54) is 6.21 Å². The number of hydrogen-bond donors (Lipinski definition) is 1. The molecular weight excluding hydrogens is 500 g/mol. The van der Waals surface area contributed by atoms with Gasteiger partial charge in [-0.15, -0.1) is 0 Å². The van der Waals surface area contributed by atoms with Gasteiger partial charge in [-0.1, -0.05) is 27.5 Å². The number of hydrazone groups is 1. The van der Waals surface area contributed by atoms with E-state index in [9.17, 15) is 9.59 Å². The Morgan fingerprint density at radius 1 is 1.03 bits per heavy atom. The number of carbonyl (C=O) groups excluding carboxylic acids is 2.